The molecule has 94 valence electrons. The monoisotopic (exact) mass is 246 g/mol. The molecule has 2 aromatic rings. The Morgan fingerprint density at radius 1 is 1.44 bits per heavy atom. The number of aromatic carboxylic acids is 1. The van der Waals surface area contributed by atoms with Crippen LogP contribution >= 0.6 is 0 Å². The zero-order valence-corrected chi connectivity index (χ0v) is 10.3. The van der Waals surface area contributed by atoms with Crippen molar-refractivity contribution in [1.82, 2.24) is 9.78 Å². The van der Waals surface area contributed by atoms with Crippen LogP contribution in [-0.2, 0) is 13.7 Å². The van der Waals surface area contributed by atoms with Gasteiger partial charge in [0, 0.05) is 13.2 Å². The molecule has 0 aliphatic heterocycles. The molecule has 1 N–H and O–H groups in total. The van der Waals surface area contributed by atoms with Gasteiger partial charge in [0.05, 0.1) is 5.69 Å². The number of aryl methyl sites for hydroxylation is 2. The van der Waals surface area contributed by atoms with Gasteiger partial charge in [-0.3, -0.25) is 4.68 Å². The second kappa shape index (κ2) is 4.91. The smallest absolute Gasteiger partial charge is 0.339 e. The van der Waals surface area contributed by atoms with Gasteiger partial charge in [0.1, 0.15) is 17.9 Å². The SMILES string of the molecule is Cc1cccc(C(=O)O)c1OCc1ccn(C)n1. The summed E-state index contributed by atoms with van der Waals surface area (Å²) in [5.74, 6) is -0.592. The summed E-state index contributed by atoms with van der Waals surface area (Å²) >= 11 is 0. The maximum Gasteiger partial charge on any atom is 0.339 e. The van der Waals surface area contributed by atoms with Gasteiger partial charge in [-0.2, -0.15) is 5.10 Å². The zero-order valence-electron chi connectivity index (χ0n) is 10.3. The van der Waals surface area contributed by atoms with Crippen molar-refractivity contribution in [3.8, 4) is 5.75 Å². The average Bonchev–Trinajstić information content (AvgIpc) is 2.73. The fraction of sp³-hybridized carbons (Fsp3) is 0.231. The molecule has 1 heterocycles. The number of carboxylic acid groups (broad SMARTS) is 1. The third-order valence-electron chi connectivity index (χ3n) is 2.58. The Labute approximate surface area is 105 Å². The molecular formula is C13H14N2O3. The molecule has 0 saturated carbocycles. The first-order valence-electron chi connectivity index (χ1n) is 5.52. The van der Waals surface area contributed by atoms with Crippen LogP contribution < -0.4 is 4.74 Å². The third kappa shape index (κ3) is 2.51. The Balaban J connectivity index is 2.20. The number of hydrogen-bond donors (Lipinski definition) is 1. The van der Waals surface area contributed by atoms with Gasteiger partial charge >= 0.3 is 5.97 Å². The summed E-state index contributed by atoms with van der Waals surface area (Å²) in [7, 11) is 1.82. The van der Waals surface area contributed by atoms with Crippen molar-refractivity contribution in [3.05, 3.63) is 47.3 Å². The Bertz CT molecular complexity index is 575. The molecule has 0 radical (unpaired) electrons. The van der Waals surface area contributed by atoms with E-state index in [4.69, 9.17) is 9.84 Å². The van der Waals surface area contributed by atoms with E-state index in [1.54, 1.807) is 10.7 Å². The van der Waals surface area contributed by atoms with E-state index in [0.29, 0.717) is 5.75 Å². The summed E-state index contributed by atoms with van der Waals surface area (Å²) in [5, 5.41) is 13.3. The van der Waals surface area contributed by atoms with E-state index in [9.17, 15) is 4.79 Å². The molecule has 0 bridgehead atoms. The normalized spacial score (nSPS) is 10.3. The number of hydrogen-bond acceptors (Lipinski definition) is 3. The molecule has 0 atom stereocenters. The molecule has 0 unspecified atom stereocenters. The summed E-state index contributed by atoms with van der Waals surface area (Å²) < 4.78 is 7.25. The van der Waals surface area contributed by atoms with Crippen LogP contribution in [0.5, 0.6) is 5.75 Å². The Morgan fingerprint density at radius 2 is 2.22 bits per heavy atom. The third-order valence-corrected chi connectivity index (χ3v) is 2.58. The second-order valence-corrected chi connectivity index (χ2v) is 4.03. The molecule has 0 amide bonds. The fourth-order valence-corrected chi connectivity index (χ4v) is 1.70. The van der Waals surface area contributed by atoms with Crippen LogP contribution in [0.2, 0.25) is 0 Å². The van der Waals surface area contributed by atoms with Gasteiger partial charge < -0.3 is 9.84 Å². The summed E-state index contributed by atoms with van der Waals surface area (Å²) in [5.41, 5.74) is 1.73. The van der Waals surface area contributed by atoms with Crippen LogP contribution in [0.1, 0.15) is 21.6 Å². The second-order valence-electron chi connectivity index (χ2n) is 4.03. The van der Waals surface area contributed by atoms with Crippen molar-refractivity contribution >= 4 is 5.97 Å². The zero-order chi connectivity index (χ0) is 13.1. The lowest BCUT2D eigenvalue weighted by atomic mass is 10.1. The van der Waals surface area contributed by atoms with Crippen LogP contribution in [0.3, 0.4) is 0 Å². The maximum absolute atomic E-state index is 11.1. The van der Waals surface area contributed by atoms with E-state index < -0.39 is 5.97 Å². The molecule has 2 rings (SSSR count). The summed E-state index contributed by atoms with van der Waals surface area (Å²) in [4.78, 5) is 11.1. The van der Waals surface area contributed by atoms with E-state index in [-0.39, 0.29) is 12.2 Å². The van der Waals surface area contributed by atoms with Gasteiger partial charge in [-0.15, -0.1) is 0 Å². The minimum absolute atomic E-state index is 0.172. The number of aromatic nitrogens is 2. The number of nitrogens with zero attached hydrogens (tertiary/aromatic N) is 2. The molecule has 1 aromatic carbocycles. The number of benzene rings is 1. The summed E-state index contributed by atoms with van der Waals surface area (Å²) in [6.45, 7) is 2.08. The van der Waals surface area contributed by atoms with Gasteiger partial charge in [-0.05, 0) is 24.6 Å². The van der Waals surface area contributed by atoms with E-state index >= 15 is 0 Å². The van der Waals surface area contributed by atoms with E-state index in [0.717, 1.165) is 11.3 Å². The summed E-state index contributed by atoms with van der Waals surface area (Å²) in [6, 6.07) is 6.88. The largest absolute Gasteiger partial charge is 0.486 e. The highest BCUT2D eigenvalue weighted by atomic mass is 16.5. The number of ether oxygens (including phenoxy) is 1. The van der Waals surface area contributed by atoms with Crippen molar-refractivity contribution < 1.29 is 14.6 Å². The van der Waals surface area contributed by atoms with E-state index in [1.807, 2.05) is 32.3 Å². The van der Waals surface area contributed by atoms with Crippen LogP contribution in [0.25, 0.3) is 0 Å². The molecule has 0 aliphatic carbocycles. The van der Waals surface area contributed by atoms with Crippen molar-refractivity contribution in [1.29, 1.82) is 0 Å². The molecular weight excluding hydrogens is 232 g/mol. The van der Waals surface area contributed by atoms with Gasteiger partial charge in [-0.1, -0.05) is 12.1 Å². The Morgan fingerprint density at radius 3 is 2.83 bits per heavy atom. The minimum Gasteiger partial charge on any atom is -0.486 e. The predicted molar refractivity (Wildman–Crippen MR) is 65.7 cm³/mol. The van der Waals surface area contributed by atoms with Gasteiger partial charge in [0.25, 0.3) is 0 Å². The molecule has 0 fully saturated rings. The topological polar surface area (TPSA) is 64.3 Å². The lowest BCUT2D eigenvalue weighted by Crippen LogP contribution is -2.05. The first-order valence-corrected chi connectivity index (χ1v) is 5.52. The molecule has 18 heavy (non-hydrogen) atoms. The highest BCUT2D eigenvalue weighted by Gasteiger charge is 2.13. The molecule has 0 aliphatic rings. The van der Waals surface area contributed by atoms with Crippen LogP contribution in [-0.4, -0.2) is 20.9 Å². The molecule has 5 heteroatoms. The van der Waals surface area contributed by atoms with Crippen molar-refractivity contribution in [3.63, 3.8) is 0 Å². The molecule has 1 aromatic heterocycles. The molecule has 0 spiro atoms. The maximum atomic E-state index is 11.1. The Hall–Kier alpha value is -2.30. The van der Waals surface area contributed by atoms with Crippen molar-refractivity contribution in [2.24, 2.45) is 7.05 Å². The predicted octanol–water partition coefficient (Wildman–Crippen LogP) is 2.01. The van der Waals surface area contributed by atoms with Crippen LogP contribution in [0.15, 0.2) is 30.5 Å². The lowest BCUT2D eigenvalue weighted by molar-refractivity contribution is 0.0691. The lowest BCUT2D eigenvalue weighted by Gasteiger charge is -2.10. The van der Waals surface area contributed by atoms with Crippen LogP contribution in [0, 0.1) is 6.92 Å². The van der Waals surface area contributed by atoms with Crippen molar-refractivity contribution in [2.45, 2.75) is 13.5 Å². The number of carboxylic acids is 1. The first kappa shape index (κ1) is 12.2. The fourth-order valence-electron chi connectivity index (χ4n) is 1.70. The number of rotatable bonds is 4. The van der Waals surface area contributed by atoms with Gasteiger partial charge in [0.15, 0.2) is 0 Å². The molecule has 5 nitrogen and oxygen atoms in total. The Kier molecular flexibility index (Phi) is 3.32. The van der Waals surface area contributed by atoms with Gasteiger partial charge in [0.2, 0.25) is 0 Å². The quantitative estimate of drug-likeness (QED) is 0.896. The molecule has 0 saturated heterocycles. The average molecular weight is 246 g/mol. The highest BCUT2D eigenvalue weighted by Crippen LogP contribution is 2.24. The van der Waals surface area contributed by atoms with Crippen LogP contribution in [0.4, 0.5) is 0 Å². The van der Waals surface area contributed by atoms with Crippen molar-refractivity contribution in [2.75, 3.05) is 0 Å². The summed E-state index contributed by atoms with van der Waals surface area (Å²) in [6.07, 6.45) is 1.81. The van der Waals surface area contributed by atoms with E-state index in [1.165, 1.54) is 6.07 Å². The standard InChI is InChI=1S/C13H14N2O3/c1-9-4-3-5-11(13(16)17)12(9)18-8-10-6-7-15(2)14-10/h3-7H,8H2,1-2H3,(H,16,17). The first-order chi connectivity index (χ1) is 8.58. The van der Waals surface area contributed by atoms with Gasteiger partial charge in [-0.25, -0.2) is 4.79 Å². The van der Waals surface area contributed by atoms with E-state index in [2.05, 4.69) is 5.10 Å². The number of carbonyl (C=O) groups is 1. The highest BCUT2D eigenvalue weighted by molar-refractivity contribution is 5.91. The number of para-hydroxylation sites is 1. The minimum atomic E-state index is -0.991.